The van der Waals surface area contributed by atoms with Crippen LogP contribution in [0.3, 0.4) is 0 Å². The minimum absolute atomic E-state index is 0.226. The Balaban J connectivity index is 2.82. The van der Waals surface area contributed by atoms with Gasteiger partial charge in [-0.05, 0) is 36.4 Å². The number of halogens is 1. The van der Waals surface area contributed by atoms with Crippen molar-refractivity contribution in [3.8, 4) is 0 Å². The molecule has 2 heteroatoms. The molecule has 14 heavy (non-hydrogen) atoms. The van der Waals surface area contributed by atoms with Crippen molar-refractivity contribution in [1.82, 2.24) is 0 Å². The Kier molecular flexibility index (Phi) is 4.14. The average Bonchev–Trinajstić information content (AvgIpc) is 2.21. The first-order chi connectivity index (χ1) is 6.61. The van der Waals surface area contributed by atoms with Crippen molar-refractivity contribution in [3.05, 3.63) is 34.3 Å². The standard InChI is InChI=1S/C12H18BrN/c1-3-12(2,9-14)8-10-6-4-5-7-11(10)13/h4-7H,3,8-9,14H2,1-2H3. The van der Waals surface area contributed by atoms with E-state index in [1.54, 1.807) is 0 Å². The van der Waals surface area contributed by atoms with Gasteiger partial charge in [-0.15, -0.1) is 0 Å². The Labute approximate surface area is 94.8 Å². The molecule has 0 aliphatic carbocycles. The van der Waals surface area contributed by atoms with E-state index >= 15 is 0 Å². The smallest absolute Gasteiger partial charge is 0.0207 e. The molecule has 0 fully saturated rings. The molecule has 0 bridgehead atoms. The molecule has 1 rings (SSSR count). The van der Waals surface area contributed by atoms with Gasteiger partial charge in [-0.25, -0.2) is 0 Å². The fourth-order valence-corrected chi connectivity index (χ4v) is 1.87. The fourth-order valence-electron chi connectivity index (χ4n) is 1.44. The van der Waals surface area contributed by atoms with Crippen molar-refractivity contribution in [2.75, 3.05) is 6.54 Å². The minimum Gasteiger partial charge on any atom is -0.330 e. The number of rotatable bonds is 4. The molecule has 0 saturated heterocycles. The quantitative estimate of drug-likeness (QED) is 0.878. The Bertz CT molecular complexity index is 292. The lowest BCUT2D eigenvalue weighted by molar-refractivity contribution is 0.320. The highest BCUT2D eigenvalue weighted by Gasteiger charge is 2.21. The molecule has 0 heterocycles. The number of benzene rings is 1. The Morgan fingerprint density at radius 3 is 2.50 bits per heavy atom. The summed E-state index contributed by atoms with van der Waals surface area (Å²) in [5.74, 6) is 0. The third kappa shape index (κ3) is 2.82. The molecule has 1 aromatic rings. The molecule has 1 nitrogen and oxygen atoms in total. The van der Waals surface area contributed by atoms with Crippen LogP contribution in [0.2, 0.25) is 0 Å². The topological polar surface area (TPSA) is 26.0 Å². The molecule has 0 spiro atoms. The third-order valence-corrected chi connectivity index (χ3v) is 3.70. The molecule has 1 atom stereocenters. The van der Waals surface area contributed by atoms with Crippen molar-refractivity contribution in [3.63, 3.8) is 0 Å². The Morgan fingerprint density at radius 1 is 1.36 bits per heavy atom. The Morgan fingerprint density at radius 2 is 2.00 bits per heavy atom. The van der Waals surface area contributed by atoms with Crippen LogP contribution in [0.5, 0.6) is 0 Å². The van der Waals surface area contributed by atoms with Crippen molar-refractivity contribution >= 4 is 15.9 Å². The predicted molar refractivity (Wildman–Crippen MR) is 65.3 cm³/mol. The highest BCUT2D eigenvalue weighted by atomic mass is 79.9. The van der Waals surface area contributed by atoms with Gasteiger partial charge < -0.3 is 5.73 Å². The zero-order valence-corrected chi connectivity index (χ0v) is 10.5. The highest BCUT2D eigenvalue weighted by molar-refractivity contribution is 9.10. The third-order valence-electron chi connectivity index (χ3n) is 2.92. The lowest BCUT2D eigenvalue weighted by Gasteiger charge is -2.26. The summed E-state index contributed by atoms with van der Waals surface area (Å²) in [6.07, 6.45) is 2.16. The van der Waals surface area contributed by atoms with Gasteiger partial charge in [0.05, 0.1) is 0 Å². The summed E-state index contributed by atoms with van der Waals surface area (Å²) in [6.45, 7) is 5.18. The van der Waals surface area contributed by atoms with Crippen molar-refractivity contribution in [2.24, 2.45) is 11.1 Å². The second kappa shape index (κ2) is 4.94. The van der Waals surface area contributed by atoms with Gasteiger partial charge in [0.2, 0.25) is 0 Å². The van der Waals surface area contributed by atoms with Gasteiger partial charge in [0.15, 0.2) is 0 Å². The van der Waals surface area contributed by atoms with Gasteiger partial charge in [0.25, 0.3) is 0 Å². The molecule has 0 radical (unpaired) electrons. The molecule has 0 aliphatic rings. The van der Waals surface area contributed by atoms with Crippen LogP contribution in [0.15, 0.2) is 28.7 Å². The normalized spacial score (nSPS) is 15.1. The summed E-state index contributed by atoms with van der Waals surface area (Å²) in [7, 11) is 0. The van der Waals surface area contributed by atoms with Crippen molar-refractivity contribution in [1.29, 1.82) is 0 Å². The maximum Gasteiger partial charge on any atom is 0.0207 e. The van der Waals surface area contributed by atoms with E-state index < -0.39 is 0 Å². The van der Waals surface area contributed by atoms with Gasteiger partial charge in [-0.2, -0.15) is 0 Å². The number of hydrogen-bond acceptors (Lipinski definition) is 1. The van der Waals surface area contributed by atoms with Crippen LogP contribution in [0.4, 0.5) is 0 Å². The van der Waals surface area contributed by atoms with E-state index in [1.807, 2.05) is 6.07 Å². The van der Waals surface area contributed by atoms with Gasteiger partial charge in [0.1, 0.15) is 0 Å². The molecule has 78 valence electrons. The van der Waals surface area contributed by atoms with Crippen molar-refractivity contribution in [2.45, 2.75) is 26.7 Å². The Hall–Kier alpha value is -0.340. The van der Waals surface area contributed by atoms with Gasteiger partial charge >= 0.3 is 0 Å². The summed E-state index contributed by atoms with van der Waals surface area (Å²) in [5.41, 5.74) is 7.38. The summed E-state index contributed by atoms with van der Waals surface area (Å²) in [6, 6.07) is 8.36. The number of hydrogen-bond donors (Lipinski definition) is 1. The molecular formula is C12H18BrN. The maximum atomic E-state index is 5.80. The minimum atomic E-state index is 0.226. The molecule has 1 aromatic carbocycles. The van der Waals surface area contributed by atoms with Gasteiger partial charge in [-0.3, -0.25) is 0 Å². The van der Waals surface area contributed by atoms with E-state index in [1.165, 1.54) is 10.0 Å². The highest BCUT2D eigenvalue weighted by Crippen LogP contribution is 2.28. The molecule has 0 saturated carbocycles. The van der Waals surface area contributed by atoms with Crippen LogP contribution in [-0.2, 0) is 6.42 Å². The largest absolute Gasteiger partial charge is 0.330 e. The summed E-state index contributed by atoms with van der Waals surface area (Å²) < 4.78 is 1.19. The lowest BCUT2D eigenvalue weighted by Crippen LogP contribution is -2.28. The second-order valence-electron chi connectivity index (χ2n) is 4.14. The summed E-state index contributed by atoms with van der Waals surface area (Å²) >= 11 is 3.57. The maximum absolute atomic E-state index is 5.80. The zero-order valence-electron chi connectivity index (χ0n) is 8.89. The first-order valence-corrected chi connectivity index (χ1v) is 5.84. The van der Waals surface area contributed by atoms with E-state index in [2.05, 4.69) is 48.0 Å². The van der Waals surface area contributed by atoms with Crippen LogP contribution in [-0.4, -0.2) is 6.54 Å². The molecular weight excluding hydrogens is 238 g/mol. The molecule has 2 N–H and O–H groups in total. The van der Waals surface area contributed by atoms with Crippen LogP contribution >= 0.6 is 15.9 Å². The zero-order chi connectivity index (χ0) is 10.6. The predicted octanol–water partition coefficient (Wildman–Crippen LogP) is 3.37. The van der Waals surface area contributed by atoms with Gasteiger partial charge in [0, 0.05) is 4.47 Å². The van der Waals surface area contributed by atoms with Crippen LogP contribution in [0.1, 0.15) is 25.8 Å². The average molecular weight is 256 g/mol. The lowest BCUT2D eigenvalue weighted by atomic mass is 9.81. The molecule has 0 amide bonds. The monoisotopic (exact) mass is 255 g/mol. The van der Waals surface area contributed by atoms with Crippen LogP contribution in [0.25, 0.3) is 0 Å². The van der Waals surface area contributed by atoms with E-state index in [4.69, 9.17) is 5.73 Å². The molecule has 0 aliphatic heterocycles. The van der Waals surface area contributed by atoms with E-state index in [0.29, 0.717) is 0 Å². The summed E-state index contributed by atoms with van der Waals surface area (Å²) in [4.78, 5) is 0. The van der Waals surface area contributed by atoms with Gasteiger partial charge in [-0.1, -0.05) is 48.0 Å². The van der Waals surface area contributed by atoms with Crippen LogP contribution < -0.4 is 5.73 Å². The van der Waals surface area contributed by atoms with Crippen molar-refractivity contribution < 1.29 is 0 Å². The van der Waals surface area contributed by atoms with E-state index in [-0.39, 0.29) is 5.41 Å². The SMILES string of the molecule is CCC(C)(CN)Cc1ccccc1Br. The van der Waals surface area contributed by atoms with Crippen LogP contribution in [0, 0.1) is 5.41 Å². The van der Waals surface area contributed by atoms with E-state index in [9.17, 15) is 0 Å². The summed E-state index contributed by atoms with van der Waals surface area (Å²) in [5, 5.41) is 0. The molecule has 0 aromatic heterocycles. The molecule has 1 unspecified atom stereocenters. The second-order valence-corrected chi connectivity index (χ2v) is 4.99. The van der Waals surface area contributed by atoms with E-state index in [0.717, 1.165) is 19.4 Å². The first-order valence-electron chi connectivity index (χ1n) is 5.05. The first kappa shape index (κ1) is 11.7. The fraction of sp³-hybridized carbons (Fsp3) is 0.500. The number of nitrogens with two attached hydrogens (primary N) is 1.